The van der Waals surface area contributed by atoms with Gasteiger partial charge in [-0.15, -0.1) is 0 Å². The minimum absolute atomic E-state index is 0.0344. The number of aliphatic hydroxyl groups is 1. The molecule has 11 heteroatoms. The molecule has 4 aliphatic rings. The van der Waals surface area contributed by atoms with E-state index in [1.807, 2.05) is 42.5 Å². The molecule has 0 bridgehead atoms. The van der Waals surface area contributed by atoms with Crippen LogP contribution in [0.15, 0.2) is 54.3 Å². The summed E-state index contributed by atoms with van der Waals surface area (Å²) in [6.45, 7) is 5.48. The molecule has 0 radical (unpaired) electrons. The van der Waals surface area contributed by atoms with Gasteiger partial charge < -0.3 is 33.5 Å². The Balaban J connectivity index is 1.23. The number of rotatable bonds is 12. The van der Waals surface area contributed by atoms with Crippen LogP contribution in [0.1, 0.15) is 75.0 Å². The number of esters is 3. The van der Waals surface area contributed by atoms with Crippen molar-refractivity contribution in [3.05, 3.63) is 71.0 Å². The molecule has 0 spiro atoms. The summed E-state index contributed by atoms with van der Waals surface area (Å²) in [5.74, 6) is -0.331. The number of carbonyl (C=O) groups excluding carboxylic acids is 3. The first-order chi connectivity index (χ1) is 23.5. The number of benzene rings is 2. The Hall–Kier alpha value is -4.09. The van der Waals surface area contributed by atoms with E-state index in [0.717, 1.165) is 49.0 Å². The highest BCUT2D eigenvalue weighted by Crippen LogP contribution is 2.50. The fraction of sp³-hybridized carbons (Fsp3) is 0.553. The molecule has 1 saturated heterocycles. The zero-order chi connectivity index (χ0) is 34.8. The molecule has 0 aromatic heterocycles. The average Bonchev–Trinajstić information content (AvgIpc) is 3.47. The van der Waals surface area contributed by atoms with Gasteiger partial charge in [-0.1, -0.05) is 30.3 Å². The molecule has 1 N–H and O–H groups in total. The average molecular weight is 678 g/mol. The van der Waals surface area contributed by atoms with Crippen LogP contribution in [0.25, 0.3) is 0 Å². The van der Waals surface area contributed by atoms with Crippen molar-refractivity contribution in [2.45, 2.75) is 94.5 Å². The Kier molecular flexibility index (Phi) is 10.2. The van der Waals surface area contributed by atoms with Gasteiger partial charge in [-0.05, 0) is 99.7 Å². The quantitative estimate of drug-likeness (QED) is 0.250. The number of fused-ring (bicyclic) bond motifs is 3. The molecule has 2 aromatic carbocycles. The topological polar surface area (TPSA) is 130 Å². The molecule has 2 aromatic rings. The molecular formula is C38H47NO10. The molecule has 49 heavy (non-hydrogen) atoms. The standard InChI is InChI=1S/C38H47NO10/c1-37(2,49-31(40)18-24-10-6-5-7-11-24)14-9-15-38(43,22-32(41)45-4)36(42)48-35-30(44-3)20-26-12-8-16-39-17-13-25-19-28-29(47-23-46-28)21-27(25)33(35)34(26)39/h5-7,10-11,19-21,26,33-35,43H,8-9,12-18,22-23H2,1-4H3. The lowest BCUT2D eigenvalue weighted by atomic mass is 9.71. The summed E-state index contributed by atoms with van der Waals surface area (Å²) in [6, 6.07) is 13.4. The minimum Gasteiger partial charge on any atom is -0.497 e. The lowest BCUT2D eigenvalue weighted by Gasteiger charge is -2.48. The maximum atomic E-state index is 14.2. The number of ether oxygens (including phenoxy) is 6. The lowest BCUT2D eigenvalue weighted by Crippen LogP contribution is -2.55. The molecule has 264 valence electrons. The van der Waals surface area contributed by atoms with Gasteiger partial charge >= 0.3 is 17.9 Å². The summed E-state index contributed by atoms with van der Waals surface area (Å²) in [5, 5.41) is 11.9. The largest absolute Gasteiger partial charge is 0.497 e. The zero-order valence-corrected chi connectivity index (χ0v) is 28.8. The highest BCUT2D eigenvalue weighted by atomic mass is 16.7. The normalized spacial score (nSPS) is 23.9. The van der Waals surface area contributed by atoms with E-state index in [2.05, 4.69) is 11.0 Å². The van der Waals surface area contributed by atoms with Crippen molar-refractivity contribution < 1.29 is 47.9 Å². The predicted molar refractivity (Wildman–Crippen MR) is 178 cm³/mol. The second-order valence-corrected chi connectivity index (χ2v) is 14.1. The van der Waals surface area contributed by atoms with Crippen molar-refractivity contribution >= 4 is 17.9 Å². The van der Waals surface area contributed by atoms with Crippen LogP contribution in [0.5, 0.6) is 11.5 Å². The van der Waals surface area contributed by atoms with Crippen LogP contribution in [0.4, 0.5) is 0 Å². The van der Waals surface area contributed by atoms with Crippen LogP contribution in [0.3, 0.4) is 0 Å². The Morgan fingerprint density at radius 1 is 1.00 bits per heavy atom. The van der Waals surface area contributed by atoms with Crippen molar-refractivity contribution in [2.75, 3.05) is 34.1 Å². The molecule has 3 heterocycles. The third-order valence-electron chi connectivity index (χ3n) is 10.3. The maximum absolute atomic E-state index is 14.2. The zero-order valence-electron chi connectivity index (χ0n) is 28.8. The predicted octanol–water partition coefficient (Wildman–Crippen LogP) is 4.62. The van der Waals surface area contributed by atoms with Crippen molar-refractivity contribution in [1.29, 1.82) is 0 Å². The van der Waals surface area contributed by atoms with E-state index in [9.17, 15) is 19.5 Å². The van der Waals surface area contributed by atoms with E-state index in [1.165, 1.54) is 7.11 Å². The molecule has 1 fully saturated rings. The molecule has 1 aliphatic carbocycles. The van der Waals surface area contributed by atoms with E-state index >= 15 is 0 Å². The van der Waals surface area contributed by atoms with Gasteiger partial charge in [0.1, 0.15) is 11.4 Å². The second-order valence-electron chi connectivity index (χ2n) is 14.1. The fourth-order valence-electron chi connectivity index (χ4n) is 7.94. The number of carbonyl (C=O) groups is 3. The monoisotopic (exact) mass is 677 g/mol. The van der Waals surface area contributed by atoms with E-state index in [1.54, 1.807) is 21.0 Å². The smallest absolute Gasteiger partial charge is 0.339 e. The Morgan fingerprint density at radius 2 is 1.76 bits per heavy atom. The van der Waals surface area contributed by atoms with Gasteiger partial charge in [0, 0.05) is 18.5 Å². The van der Waals surface area contributed by atoms with Gasteiger partial charge in [-0.3, -0.25) is 14.5 Å². The van der Waals surface area contributed by atoms with Gasteiger partial charge in [0.2, 0.25) is 6.79 Å². The van der Waals surface area contributed by atoms with Crippen LogP contribution >= 0.6 is 0 Å². The Labute approximate surface area is 287 Å². The number of piperidine rings is 1. The highest BCUT2D eigenvalue weighted by Gasteiger charge is 2.52. The third-order valence-corrected chi connectivity index (χ3v) is 10.3. The molecule has 5 unspecified atom stereocenters. The number of methoxy groups -OCH3 is 2. The van der Waals surface area contributed by atoms with Crippen molar-refractivity contribution in [2.24, 2.45) is 5.92 Å². The summed E-state index contributed by atoms with van der Waals surface area (Å²) in [4.78, 5) is 41.9. The molecule has 11 nitrogen and oxygen atoms in total. The van der Waals surface area contributed by atoms with E-state index in [-0.39, 0.29) is 49.9 Å². The molecule has 5 atom stereocenters. The molecule has 6 rings (SSSR count). The van der Waals surface area contributed by atoms with E-state index in [4.69, 9.17) is 28.4 Å². The summed E-state index contributed by atoms with van der Waals surface area (Å²) in [5.41, 5.74) is -0.140. The summed E-state index contributed by atoms with van der Waals surface area (Å²) >= 11 is 0. The summed E-state index contributed by atoms with van der Waals surface area (Å²) in [7, 11) is 2.77. The maximum Gasteiger partial charge on any atom is 0.339 e. The molecular weight excluding hydrogens is 630 g/mol. The van der Waals surface area contributed by atoms with Crippen LogP contribution in [0, 0.1) is 5.92 Å². The first-order valence-corrected chi connectivity index (χ1v) is 17.2. The Morgan fingerprint density at radius 3 is 2.49 bits per heavy atom. The van der Waals surface area contributed by atoms with Crippen molar-refractivity contribution in [3.8, 4) is 11.5 Å². The van der Waals surface area contributed by atoms with Gasteiger partial charge in [-0.25, -0.2) is 4.79 Å². The third kappa shape index (κ3) is 7.57. The van der Waals surface area contributed by atoms with E-state index in [0.29, 0.717) is 23.7 Å². The van der Waals surface area contributed by atoms with Gasteiger partial charge in [0.05, 0.1) is 27.1 Å². The van der Waals surface area contributed by atoms with Crippen molar-refractivity contribution in [3.63, 3.8) is 0 Å². The number of hydrogen-bond donors (Lipinski definition) is 1. The van der Waals surface area contributed by atoms with Gasteiger partial charge in [0.15, 0.2) is 23.2 Å². The van der Waals surface area contributed by atoms with E-state index < -0.39 is 35.7 Å². The molecule has 0 amide bonds. The van der Waals surface area contributed by atoms with Gasteiger partial charge in [0.25, 0.3) is 0 Å². The molecule has 3 aliphatic heterocycles. The first-order valence-electron chi connectivity index (χ1n) is 17.2. The van der Waals surface area contributed by atoms with Crippen LogP contribution in [0.2, 0.25) is 0 Å². The summed E-state index contributed by atoms with van der Waals surface area (Å²) < 4.78 is 34.3. The highest BCUT2D eigenvalue weighted by molar-refractivity contribution is 5.86. The fourth-order valence-corrected chi connectivity index (χ4v) is 7.94. The number of nitrogens with zero attached hydrogens (tertiary/aromatic N) is 1. The lowest BCUT2D eigenvalue weighted by molar-refractivity contribution is -0.180. The van der Waals surface area contributed by atoms with Crippen LogP contribution < -0.4 is 9.47 Å². The van der Waals surface area contributed by atoms with Gasteiger partial charge in [-0.2, -0.15) is 0 Å². The number of hydrogen-bond acceptors (Lipinski definition) is 11. The van der Waals surface area contributed by atoms with Crippen molar-refractivity contribution in [1.82, 2.24) is 4.90 Å². The van der Waals surface area contributed by atoms with Crippen LogP contribution in [-0.2, 0) is 46.2 Å². The van der Waals surface area contributed by atoms with Crippen LogP contribution in [-0.4, -0.2) is 85.4 Å². The summed E-state index contributed by atoms with van der Waals surface area (Å²) in [6.07, 6.45) is 4.04. The first kappa shape index (κ1) is 34.8. The SMILES string of the molecule is COC(=O)CC(O)(CCCC(C)(C)OC(=O)Cc1ccccc1)C(=O)OC1C(OC)=CC2CCCN3CCc4cc5c(cc4C1C23)OCO5. The Bertz CT molecular complexity index is 1570. The second kappa shape index (κ2) is 14.4. The minimum atomic E-state index is -2.19. The molecule has 0 saturated carbocycles.